The average molecular weight is 421 g/mol. The third-order valence-electron chi connectivity index (χ3n) is 5.15. The lowest BCUT2D eigenvalue weighted by Crippen LogP contribution is -2.49. The fraction of sp³-hybridized carbons (Fsp3) is 0.167. The quantitative estimate of drug-likeness (QED) is 0.627. The number of rotatable bonds is 5. The molecule has 1 aliphatic heterocycles. The topological polar surface area (TPSA) is 52.7 Å². The summed E-state index contributed by atoms with van der Waals surface area (Å²) >= 11 is 0. The molecule has 0 radical (unpaired) electrons. The number of hydrogen-bond donors (Lipinski definition) is 1. The highest BCUT2D eigenvalue weighted by molar-refractivity contribution is 6.04. The van der Waals surface area contributed by atoms with Gasteiger partial charge in [0.2, 0.25) is 0 Å². The van der Waals surface area contributed by atoms with E-state index in [9.17, 15) is 18.4 Å². The summed E-state index contributed by atoms with van der Waals surface area (Å²) in [4.78, 5) is 28.7. The van der Waals surface area contributed by atoms with Gasteiger partial charge >= 0.3 is 6.03 Å². The number of carbonyl (C=O) groups is 2. The van der Waals surface area contributed by atoms with Crippen LogP contribution in [0.15, 0.2) is 72.8 Å². The summed E-state index contributed by atoms with van der Waals surface area (Å²) in [6.45, 7) is 1.82. The van der Waals surface area contributed by atoms with Gasteiger partial charge in [-0.3, -0.25) is 9.69 Å². The molecule has 0 aromatic heterocycles. The van der Waals surface area contributed by atoms with Gasteiger partial charge < -0.3 is 10.2 Å². The van der Waals surface area contributed by atoms with E-state index in [1.54, 1.807) is 34.1 Å². The fourth-order valence-corrected chi connectivity index (χ4v) is 3.60. The molecule has 3 aromatic carbocycles. The van der Waals surface area contributed by atoms with E-state index in [-0.39, 0.29) is 6.03 Å². The largest absolute Gasteiger partial charge is 0.324 e. The molecule has 1 N–H and O–H groups in total. The van der Waals surface area contributed by atoms with Crippen LogP contribution in [0.2, 0.25) is 0 Å². The summed E-state index contributed by atoms with van der Waals surface area (Å²) in [5.41, 5.74) is 1.50. The summed E-state index contributed by atoms with van der Waals surface area (Å²) < 4.78 is 27.6. The lowest BCUT2D eigenvalue weighted by molar-refractivity contribution is 0.101. The van der Waals surface area contributed by atoms with E-state index < -0.39 is 23.1 Å². The summed E-state index contributed by atoms with van der Waals surface area (Å²) in [6, 6.07) is 19.6. The average Bonchev–Trinajstić information content (AvgIpc) is 2.76. The molecule has 0 saturated carbocycles. The van der Waals surface area contributed by atoms with Crippen molar-refractivity contribution in [3.63, 3.8) is 0 Å². The molecule has 1 saturated heterocycles. The summed E-state index contributed by atoms with van der Waals surface area (Å²) in [5.74, 6) is -2.72. The van der Waals surface area contributed by atoms with Crippen molar-refractivity contribution in [2.24, 2.45) is 0 Å². The Balaban J connectivity index is 1.45. The molecule has 3 amide bonds. The number of nitrogens with one attached hydrogen (secondary N) is 1. The van der Waals surface area contributed by atoms with Gasteiger partial charge in [-0.15, -0.1) is 0 Å². The Labute approximate surface area is 178 Å². The van der Waals surface area contributed by atoms with Crippen molar-refractivity contribution >= 4 is 23.3 Å². The van der Waals surface area contributed by atoms with Gasteiger partial charge in [-0.25, -0.2) is 13.6 Å². The monoisotopic (exact) mass is 421 g/mol. The Morgan fingerprint density at radius 3 is 2.23 bits per heavy atom. The molecule has 31 heavy (non-hydrogen) atoms. The zero-order valence-corrected chi connectivity index (χ0v) is 16.7. The molecular formula is C24H21F2N3O2. The second kappa shape index (κ2) is 8.95. The maximum atomic E-state index is 13.8. The van der Waals surface area contributed by atoms with Crippen molar-refractivity contribution in [1.29, 1.82) is 0 Å². The van der Waals surface area contributed by atoms with Gasteiger partial charge in [0, 0.05) is 31.0 Å². The first kappa shape index (κ1) is 20.5. The third-order valence-corrected chi connectivity index (χ3v) is 5.15. The summed E-state index contributed by atoms with van der Waals surface area (Å²) in [5, 5.41) is 2.49. The van der Waals surface area contributed by atoms with E-state index in [0.717, 1.165) is 24.1 Å². The van der Waals surface area contributed by atoms with Crippen LogP contribution in [0.25, 0.3) is 0 Å². The van der Waals surface area contributed by atoms with E-state index in [4.69, 9.17) is 0 Å². The van der Waals surface area contributed by atoms with Crippen LogP contribution >= 0.6 is 0 Å². The van der Waals surface area contributed by atoms with Gasteiger partial charge in [-0.2, -0.15) is 0 Å². The first-order valence-corrected chi connectivity index (χ1v) is 9.99. The molecule has 1 heterocycles. The fourth-order valence-electron chi connectivity index (χ4n) is 3.60. The predicted octanol–water partition coefficient (Wildman–Crippen LogP) is 5.05. The normalized spacial score (nSPS) is 13.9. The van der Waals surface area contributed by atoms with Crippen LogP contribution in [0.5, 0.6) is 0 Å². The van der Waals surface area contributed by atoms with Gasteiger partial charge in [-0.1, -0.05) is 36.4 Å². The number of benzene rings is 3. The molecule has 1 aliphatic rings. The van der Waals surface area contributed by atoms with E-state index in [0.29, 0.717) is 31.0 Å². The molecule has 158 valence electrons. The first-order chi connectivity index (χ1) is 15.0. The van der Waals surface area contributed by atoms with Crippen molar-refractivity contribution < 1.29 is 18.4 Å². The minimum Gasteiger partial charge on any atom is -0.322 e. The summed E-state index contributed by atoms with van der Waals surface area (Å²) in [7, 11) is 0. The van der Waals surface area contributed by atoms with Crippen molar-refractivity contribution in [3.8, 4) is 0 Å². The van der Waals surface area contributed by atoms with Gasteiger partial charge in [0.05, 0.1) is 0 Å². The molecule has 4 rings (SSSR count). The maximum Gasteiger partial charge on any atom is 0.324 e. The Kier molecular flexibility index (Phi) is 5.93. The number of nitrogens with zero attached hydrogens (tertiary/aromatic N) is 2. The molecular weight excluding hydrogens is 400 g/mol. The lowest BCUT2D eigenvalue weighted by atomic mass is 10.1. The first-order valence-electron chi connectivity index (χ1n) is 9.99. The number of carbonyl (C=O) groups excluding carboxylic acids is 2. The predicted molar refractivity (Wildman–Crippen MR) is 115 cm³/mol. The second-order valence-corrected chi connectivity index (χ2v) is 7.29. The second-order valence-electron chi connectivity index (χ2n) is 7.29. The highest BCUT2D eigenvalue weighted by atomic mass is 19.1. The van der Waals surface area contributed by atoms with E-state index in [1.165, 1.54) is 6.07 Å². The Hall–Kier alpha value is -3.74. The molecule has 1 fully saturated rings. The minimum atomic E-state index is -0.924. The van der Waals surface area contributed by atoms with Crippen LogP contribution in [0, 0.1) is 11.6 Å². The Morgan fingerprint density at radius 1 is 0.871 bits per heavy atom. The van der Waals surface area contributed by atoms with Gasteiger partial charge in [0.1, 0.15) is 17.2 Å². The number of amides is 3. The zero-order valence-electron chi connectivity index (χ0n) is 16.7. The molecule has 5 nitrogen and oxygen atoms in total. The molecule has 0 atom stereocenters. The SMILES string of the molecule is O=C(Nc1ccc(N2CCCN(Cc3ccccc3)C2=O)cc1)c1c(F)cccc1F. The van der Waals surface area contributed by atoms with Crippen LogP contribution in [-0.2, 0) is 6.54 Å². The highest BCUT2D eigenvalue weighted by Gasteiger charge is 2.26. The van der Waals surface area contributed by atoms with E-state index in [1.807, 2.05) is 30.3 Å². The minimum absolute atomic E-state index is 0.0830. The van der Waals surface area contributed by atoms with Crippen LogP contribution in [-0.4, -0.2) is 29.9 Å². The van der Waals surface area contributed by atoms with Gasteiger partial charge in [0.25, 0.3) is 5.91 Å². The van der Waals surface area contributed by atoms with Crippen LogP contribution in [0.4, 0.5) is 25.0 Å². The number of halogens is 2. The highest BCUT2D eigenvalue weighted by Crippen LogP contribution is 2.24. The lowest BCUT2D eigenvalue weighted by Gasteiger charge is -2.35. The van der Waals surface area contributed by atoms with Crippen molar-refractivity contribution in [1.82, 2.24) is 4.90 Å². The zero-order chi connectivity index (χ0) is 21.8. The smallest absolute Gasteiger partial charge is 0.322 e. The van der Waals surface area contributed by atoms with Crippen molar-refractivity contribution in [2.45, 2.75) is 13.0 Å². The van der Waals surface area contributed by atoms with Crippen molar-refractivity contribution in [3.05, 3.63) is 95.6 Å². The molecule has 0 aliphatic carbocycles. The molecule has 7 heteroatoms. The molecule has 3 aromatic rings. The molecule has 0 bridgehead atoms. The van der Waals surface area contributed by atoms with Gasteiger partial charge in [-0.05, 0) is 48.4 Å². The van der Waals surface area contributed by atoms with Crippen LogP contribution in [0.1, 0.15) is 22.3 Å². The van der Waals surface area contributed by atoms with Crippen molar-refractivity contribution in [2.75, 3.05) is 23.3 Å². The standard InChI is InChI=1S/C24H21F2N3O2/c25-20-8-4-9-21(26)22(20)23(30)27-18-10-12-19(13-11-18)29-15-5-14-28(24(29)31)16-17-6-2-1-3-7-17/h1-4,6-13H,5,14-16H2,(H,27,30). The molecule has 0 spiro atoms. The number of urea groups is 1. The van der Waals surface area contributed by atoms with Crippen LogP contribution < -0.4 is 10.2 Å². The van der Waals surface area contributed by atoms with Gasteiger partial charge in [0.15, 0.2) is 0 Å². The molecule has 0 unspecified atom stereocenters. The number of hydrogen-bond acceptors (Lipinski definition) is 2. The van der Waals surface area contributed by atoms with E-state index in [2.05, 4.69) is 5.32 Å². The van der Waals surface area contributed by atoms with Crippen LogP contribution in [0.3, 0.4) is 0 Å². The Morgan fingerprint density at radius 2 is 1.55 bits per heavy atom. The summed E-state index contributed by atoms with van der Waals surface area (Å²) in [6.07, 6.45) is 0.837. The Bertz CT molecular complexity index is 1070. The maximum absolute atomic E-state index is 13.8. The number of anilines is 2. The van der Waals surface area contributed by atoms with E-state index >= 15 is 0 Å². The third kappa shape index (κ3) is 4.55.